The van der Waals surface area contributed by atoms with Gasteiger partial charge in [0, 0.05) is 5.56 Å². The zero-order valence-electron chi connectivity index (χ0n) is 11.8. The zero-order valence-corrected chi connectivity index (χ0v) is 12.5. The van der Waals surface area contributed by atoms with Crippen molar-refractivity contribution in [3.05, 3.63) is 70.9 Å². The summed E-state index contributed by atoms with van der Waals surface area (Å²) in [5.74, 6) is -1.66. The number of aromatic nitrogens is 2. The molecule has 0 amide bonds. The summed E-state index contributed by atoms with van der Waals surface area (Å²) in [4.78, 5) is 0. The molecule has 0 N–H and O–H groups in total. The Bertz CT molecular complexity index is 902. The van der Waals surface area contributed by atoms with Crippen molar-refractivity contribution in [2.75, 3.05) is 0 Å². The van der Waals surface area contributed by atoms with E-state index < -0.39 is 23.4 Å². The van der Waals surface area contributed by atoms with Crippen LogP contribution in [0.3, 0.4) is 0 Å². The average Bonchev–Trinajstić information content (AvgIpc) is 2.98. The van der Waals surface area contributed by atoms with Crippen LogP contribution in [0.15, 0.2) is 48.7 Å². The van der Waals surface area contributed by atoms with E-state index in [4.69, 9.17) is 11.6 Å². The Morgan fingerprint density at radius 3 is 2.38 bits per heavy atom. The molecule has 0 atom stereocenters. The molecule has 0 bridgehead atoms. The Kier molecular flexibility index (Phi) is 4.04. The van der Waals surface area contributed by atoms with E-state index in [0.29, 0.717) is 11.8 Å². The van der Waals surface area contributed by atoms with Crippen molar-refractivity contribution < 1.29 is 22.0 Å². The van der Waals surface area contributed by atoms with Gasteiger partial charge in [-0.05, 0) is 42.5 Å². The smallest absolute Gasteiger partial charge is 0.233 e. The highest BCUT2D eigenvalue weighted by Gasteiger charge is 2.31. The first-order valence-corrected chi connectivity index (χ1v) is 7.01. The van der Waals surface area contributed by atoms with E-state index in [0.717, 1.165) is 18.2 Å². The minimum Gasteiger partial charge on any atom is -0.233 e. The minimum atomic E-state index is -4.68. The highest BCUT2D eigenvalue weighted by Crippen LogP contribution is 2.34. The normalized spacial score (nSPS) is 11.8. The molecule has 0 saturated carbocycles. The van der Waals surface area contributed by atoms with Crippen LogP contribution < -0.4 is 0 Å². The molecule has 0 unspecified atom stereocenters. The molecule has 8 heteroatoms. The maximum absolute atomic E-state index is 13.6. The highest BCUT2D eigenvalue weighted by molar-refractivity contribution is 6.30. The Morgan fingerprint density at radius 2 is 1.71 bits per heavy atom. The van der Waals surface area contributed by atoms with E-state index in [1.54, 1.807) is 0 Å². The Hall–Kier alpha value is -2.41. The summed E-state index contributed by atoms with van der Waals surface area (Å²) in [7, 11) is 0. The predicted molar refractivity (Wildman–Crippen MR) is 78.9 cm³/mol. The van der Waals surface area contributed by atoms with Gasteiger partial charge in [-0.25, -0.2) is 13.5 Å². The molecule has 1 heterocycles. The molecule has 0 saturated heterocycles. The first kappa shape index (κ1) is 16.4. The van der Waals surface area contributed by atoms with Crippen molar-refractivity contribution in [1.29, 1.82) is 0 Å². The number of nitrogens with zero attached hydrogens (tertiary/aromatic N) is 2. The Balaban J connectivity index is 2.14. The van der Waals surface area contributed by atoms with Gasteiger partial charge >= 0.3 is 6.18 Å². The summed E-state index contributed by atoms with van der Waals surface area (Å²) in [5.41, 5.74) is -0.579. The molecule has 0 fully saturated rings. The molecule has 24 heavy (non-hydrogen) atoms. The molecule has 0 spiro atoms. The molecule has 0 aliphatic carbocycles. The molecule has 3 aromatic rings. The fourth-order valence-electron chi connectivity index (χ4n) is 2.25. The van der Waals surface area contributed by atoms with E-state index >= 15 is 0 Å². The molecular weight excluding hydrogens is 351 g/mol. The fraction of sp³-hybridized carbons (Fsp3) is 0.0625. The maximum Gasteiger partial charge on any atom is 0.416 e. The van der Waals surface area contributed by atoms with Crippen molar-refractivity contribution in [2.45, 2.75) is 6.18 Å². The largest absolute Gasteiger partial charge is 0.416 e. The van der Waals surface area contributed by atoms with Crippen molar-refractivity contribution in [1.82, 2.24) is 9.78 Å². The van der Waals surface area contributed by atoms with E-state index in [9.17, 15) is 22.0 Å². The molecule has 3 rings (SSSR count). The SMILES string of the molecule is Fc1cc(-c2ccnn2-c2ccc(F)c(Cl)c2)cc(C(F)(F)F)c1. The van der Waals surface area contributed by atoms with Crippen LogP contribution in [0.25, 0.3) is 16.9 Å². The van der Waals surface area contributed by atoms with E-state index in [1.165, 1.54) is 29.1 Å². The van der Waals surface area contributed by atoms with Crippen LogP contribution in [0, 0.1) is 11.6 Å². The number of hydrogen-bond donors (Lipinski definition) is 0. The van der Waals surface area contributed by atoms with Crippen LogP contribution in [0.5, 0.6) is 0 Å². The zero-order chi connectivity index (χ0) is 17.5. The van der Waals surface area contributed by atoms with Crippen molar-refractivity contribution >= 4 is 11.6 Å². The lowest BCUT2D eigenvalue weighted by Crippen LogP contribution is -2.06. The first-order chi connectivity index (χ1) is 11.3. The van der Waals surface area contributed by atoms with Crippen molar-refractivity contribution in [2.24, 2.45) is 0 Å². The van der Waals surface area contributed by atoms with Gasteiger partial charge in [-0.2, -0.15) is 18.3 Å². The maximum atomic E-state index is 13.6. The van der Waals surface area contributed by atoms with Gasteiger partial charge in [0.25, 0.3) is 0 Å². The summed E-state index contributed by atoms with van der Waals surface area (Å²) in [6.07, 6.45) is -3.34. The lowest BCUT2D eigenvalue weighted by molar-refractivity contribution is -0.137. The van der Waals surface area contributed by atoms with Gasteiger partial charge in [0.05, 0.1) is 28.2 Å². The monoisotopic (exact) mass is 358 g/mol. The molecular formula is C16H8ClF5N2. The second kappa shape index (κ2) is 5.90. The number of rotatable bonds is 2. The number of halogens is 6. The third kappa shape index (κ3) is 3.12. The summed E-state index contributed by atoms with van der Waals surface area (Å²) < 4.78 is 66.7. The standard InChI is InChI=1S/C16H8ClF5N2/c17-13-8-12(1-2-14(13)19)24-15(3-4-23-24)9-5-10(16(20,21)22)7-11(18)6-9/h1-8H. The van der Waals surface area contributed by atoms with Gasteiger partial charge in [0.1, 0.15) is 11.6 Å². The van der Waals surface area contributed by atoms with Crippen LogP contribution in [0.1, 0.15) is 5.56 Å². The van der Waals surface area contributed by atoms with E-state index in [1.807, 2.05) is 0 Å². The van der Waals surface area contributed by atoms with Crippen LogP contribution in [-0.2, 0) is 6.18 Å². The predicted octanol–water partition coefficient (Wildman–Crippen LogP) is 5.49. The van der Waals surface area contributed by atoms with Gasteiger partial charge in [-0.3, -0.25) is 0 Å². The first-order valence-electron chi connectivity index (χ1n) is 6.63. The van der Waals surface area contributed by atoms with Crippen molar-refractivity contribution in [3.63, 3.8) is 0 Å². The lowest BCUT2D eigenvalue weighted by atomic mass is 10.1. The van der Waals surface area contributed by atoms with Gasteiger partial charge in [0.2, 0.25) is 0 Å². The molecule has 2 nitrogen and oxygen atoms in total. The second-order valence-corrected chi connectivity index (χ2v) is 5.36. The highest BCUT2D eigenvalue weighted by atomic mass is 35.5. The summed E-state index contributed by atoms with van der Waals surface area (Å²) >= 11 is 5.71. The van der Waals surface area contributed by atoms with Gasteiger partial charge in [0.15, 0.2) is 0 Å². The Labute approximate surface area is 138 Å². The second-order valence-electron chi connectivity index (χ2n) is 4.95. The fourth-order valence-corrected chi connectivity index (χ4v) is 2.42. The molecule has 1 aromatic heterocycles. The Morgan fingerprint density at radius 1 is 0.958 bits per heavy atom. The summed E-state index contributed by atoms with van der Waals surface area (Å²) in [6.45, 7) is 0. The van der Waals surface area contributed by atoms with Gasteiger partial charge in [-0.1, -0.05) is 11.6 Å². The topological polar surface area (TPSA) is 17.8 Å². The number of hydrogen-bond acceptors (Lipinski definition) is 1. The molecule has 0 radical (unpaired) electrons. The lowest BCUT2D eigenvalue weighted by Gasteiger charge is -2.12. The minimum absolute atomic E-state index is 0.0136. The third-order valence-corrected chi connectivity index (χ3v) is 3.60. The molecule has 0 aliphatic rings. The molecule has 2 aromatic carbocycles. The third-order valence-electron chi connectivity index (χ3n) is 3.31. The number of benzene rings is 2. The summed E-state index contributed by atoms with van der Waals surface area (Å²) in [6, 6.07) is 7.37. The molecule has 124 valence electrons. The van der Waals surface area contributed by atoms with Crippen molar-refractivity contribution in [3.8, 4) is 16.9 Å². The van der Waals surface area contributed by atoms with Crippen LogP contribution in [0.2, 0.25) is 5.02 Å². The van der Waals surface area contributed by atoms with E-state index in [-0.39, 0.29) is 16.3 Å². The average molecular weight is 359 g/mol. The van der Waals surface area contributed by atoms with Crippen LogP contribution in [0.4, 0.5) is 22.0 Å². The molecule has 0 aliphatic heterocycles. The van der Waals surface area contributed by atoms with E-state index in [2.05, 4.69) is 5.10 Å². The number of alkyl halides is 3. The summed E-state index contributed by atoms with van der Waals surface area (Å²) in [5, 5.41) is 3.82. The van der Waals surface area contributed by atoms with Gasteiger partial charge in [-0.15, -0.1) is 0 Å². The quantitative estimate of drug-likeness (QED) is 0.554. The van der Waals surface area contributed by atoms with Crippen LogP contribution >= 0.6 is 11.6 Å². The van der Waals surface area contributed by atoms with Gasteiger partial charge < -0.3 is 0 Å². The van der Waals surface area contributed by atoms with Crippen LogP contribution in [-0.4, -0.2) is 9.78 Å².